The third kappa shape index (κ3) is 3.57. The van der Waals surface area contributed by atoms with Gasteiger partial charge >= 0.3 is 0 Å². The van der Waals surface area contributed by atoms with E-state index in [4.69, 9.17) is 5.84 Å². The molecule has 0 radical (unpaired) electrons. The normalized spacial score (nSPS) is 11.7. The quantitative estimate of drug-likeness (QED) is 0.333. The van der Waals surface area contributed by atoms with Gasteiger partial charge in [0.2, 0.25) is 0 Å². The molecule has 1 rings (SSSR count). The summed E-state index contributed by atoms with van der Waals surface area (Å²) in [5, 5.41) is 4.17. The molecular formula is C9H15N3S. The summed E-state index contributed by atoms with van der Waals surface area (Å²) >= 11 is 1.69. The topological polar surface area (TPSA) is 50.4 Å². The molecule has 3 N–H and O–H groups in total. The van der Waals surface area contributed by atoms with Gasteiger partial charge in [-0.1, -0.05) is 6.92 Å². The molecule has 0 aliphatic rings. The van der Waals surface area contributed by atoms with Crippen LogP contribution in [-0.4, -0.2) is 12.4 Å². The van der Waals surface area contributed by atoms with Crippen molar-refractivity contribution in [3.05, 3.63) is 22.4 Å². The zero-order valence-corrected chi connectivity index (χ0v) is 8.60. The number of nitrogens with zero attached hydrogens (tertiary/aromatic N) is 1. The van der Waals surface area contributed by atoms with Gasteiger partial charge in [-0.2, -0.15) is 11.3 Å². The van der Waals surface area contributed by atoms with Crippen LogP contribution in [0.1, 0.15) is 18.9 Å². The van der Waals surface area contributed by atoms with Crippen molar-refractivity contribution in [1.29, 1.82) is 0 Å². The molecule has 4 heteroatoms. The average molecular weight is 197 g/mol. The fourth-order valence-electron chi connectivity index (χ4n) is 0.986. The molecule has 0 saturated heterocycles. The first-order valence-corrected chi connectivity index (χ1v) is 5.32. The summed E-state index contributed by atoms with van der Waals surface area (Å²) in [4.78, 5) is 4.32. The van der Waals surface area contributed by atoms with Crippen molar-refractivity contribution in [3.63, 3.8) is 0 Å². The summed E-state index contributed by atoms with van der Waals surface area (Å²) in [5.74, 6) is 6.21. The van der Waals surface area contributed by atoms with Crippen molar-refractivity contribution in [2.75, 3.05) is 6.54 Å². The maximum atomic E-state index is 5.35. The maximum Gasteiger partial charge on any atom is 0.115 e. The Labute approximate surface area is 82.7 Å². The number of hydrogen-bond donors (Lipinski definition) is 2. The molecule has 1 aromatic heterocycles. The van der Waals surface area contributed by atoms with Crippen molar-refractivity contribution in [2.45, 2.75) is 19.8 Å². The van der Waals surface area contributed by atoms with Gasteiger partial charge in [0.1, 0.15) is 5.84 Å². The second-order valence-corrected chi connectivity index (χ2v) is 3.56. The Kier molecular flexibility index (Phi) is 4.49. The largest absolute Gasteiger partial charge is 0.312 e. The van der Waals surface area contributed by atoms with E-state index in [0.717, 1.165) is 25.2 Å². The molecule has 0 unspecified atom stereocenters. The first-order chi connectivity index (χ1) is 6.36. The van der Waals surface area contributed by atoms with Gasteiger partial charge in [0, 0.05) is 13.0 Å². The molecule has 1 heterocycles. The highest BCUT2D eigenvalue weighted by molar-refractivity contribution is 7.07. The first kappa shape index (κ1) is 10.2. The Morgan fingerprint density at radius 1 is 1.69 bits per heavy atom. The second-order valence-electron chi connectivity index (χ2n) is 2.78. The zero-order valence-electron chi connectivity index (χ0n) is 7.79. The lowest BCUT2D eigenvalue weighted by molar-refractivity contribution is 0.893. The molecule has 1 aromatic rings. The van der Waals surface area contributed by atoms with Gasteiger partial charge in [-0.3, -0.25) is 4.99 Å². The van der Waals surface area contributed by atoms with Crippen LogP contribution >= 0.6 is 11.3 Å². The number of nitrogens with two attached hydrogens (primary N) is 1. The lowest BCUT2D eigenvalue weighted by atomic mass is 10.2. The van der Waals surface area contributed by atoms with Gasteiger partial charge in [-0.05, 0) is 28.8 Å². The number of hydrazine groups is 1. The third-order valence-corrected chi connectivity index (χ3v) is 2.38. The van der Waals surface area contributed by atoms with Crippen molar-refractivity contribution in [3.8, 4) is 0 Å². The molecule has 3 nitrogen and oxygen atoms in total. The fourth-order valence-corrected chi connectivity index (χ4v) is 1.65. The lowest BCUT2D eigenvalue weighted by Gasteiger charge is -2.03. The highest BCUT2D eigenvalue weighted by Gasteiger charge is 1.98. The van der Waals surface area contributed by atoms with Crippen LogP contribution < -0.4 is 11.3 Å². The van der Waals surface area contributed by atoms with Crippen LogP contribution in [0.4, 0.5) is 0 Å². The Hall–Kier alpha value is -0.870. The van der Waals surface area contributed by atoms with Crippen molar-refractivity contribution < 1.29 is 0 Å². The minimum absolute atomic E-state index is 0.806. The number of hydrogen-bond acceptors (Lipinski definition) is 3. The van der Waals surface area contributed by atoms with E-state index in [1.165, 1.54) is 5.56 Å². The first-order valence-electron chi connectivity index (χ1n) is 4.37. The molecule has 0 spiro atoms. The molecule has 0 saturated carbocycles. The predicted molar refractivity (Wildman–Crippen MR) is 57.9 cm³/mol. The molecule has 0 fully saturated rings. The minimum Gasteiger partial charge on any atom is -0.312 e. The number of aliphatic imine (C=N–C) groups is 1. The van der Waals surface area contributed by atoms with Crippen LogP contribution in [0, 0.1) is 0 Å². The smallest absolute Gasteiger partial charge is 0.115 e. The van der Waals surface area contributed by atoms with Crippen LogP contribution in [0.25, 0.3) is 0 Å². The Morgan fingerprint density at radius 2 is 2.54 bits per heavy atom. The van der Waals surface area contributed by atoms with E-state index in [0.29, 0.717) is 0 Å². The van der Waals surface area contributed by atoms with E-state index in [2.05, 4.69) is 34.2 Å². The van der Waals surface area contributed by atoms with Crippen molar-refractivity contribution in [2.24, 2.45) is 10.8 Å². The van der Waals surface area contributed by atoms with E-state index in [1.807, 2.05) is 0 Å². The van der Waals surface area contributed by atoms with E-state index < -0.39 is 0 Å². The van der Waals surface area contributed by atoms with E-state index in [9.17, 15) is 0 Å². The van der Waals surface area contributed by atoms with Crippen LogP contribution in [-0.2, 0) is 6.42 Å². The summed E-state index contributed by atoms with van der Waals surface area (Å²) in [6.07, 6.45) is 1.86. The SMILES string of the molecule is CCCN=C(Cc1ccsc1)NN. The van der Waals surface area contributed by atoms with Crippen LogP contribution in [0.2, 0.25) is 0 Å². The number of amidine groups is 1. The highest BCUT2D eigenvalue weighted by atomic mass is 32.1. The van der Waals surface area contributed by atoms with E-state index in [-0.39, 0.29) is 0 Å². The van der Waals surface area contributed by atoms with Gasteiger partial charge in [-0.25, -0.2) is 5.84 Å². The molecule has 13 heavy (non-hydrogen) atoms. The second kappa shape index (κ2) is 5.72. The van der Waals surface area contributed by atoms with Crippen LogP contribution in [0.5, 0.6) is 0 Å². The van der Waals surface area contributed by atoms with Gasteiger partial charge in [0.15, 0.2) is 0 Å². The van der Waals surface area contributed by atoms with Crippen LogP contribution in [0.3, 0.4) is 0 Å². The molecule has 0 amide bonds. The van der Waals surface area contributed by atoms with Gasteiger partial charge < -0.3 is 5.43 Å². The maximum absolute atomic E-state index is 5.35. The monoisotopic (exact) mass is 197 g/mol. The predicted octanol–water partition coefficient (Wildman–Crippen LogP) is 1.56. The molecule has 0 bridgehead atoms. The van der Waals surface area contributed by atoms with Gasteiger partial charge in [0.25, 0.3) is 0 Å². The number of thiophene rings is 1. The molecule has 0 aromatic carbocycles. The summed E-state index contributed by atoms with van der Waals surface area (Å²) in [6.45, 7) is 2.94. The fraction of sp³-hybridized carbons (Fsp3) is 0.444. The highest BCUT2D eigenvalue weighted by Crippen LogP contribution is 2.06. The molecular weight excluding hydrogens is 182 g/mol. The minimum atomic E-state index is 0.806. The van der Waals surface area contributed by atoms with Gasteiger partial charge in [-0.15, -0.1) is 0 Å². The molecule has 0 atom stereocenters. The Balaban J connectivity index is 2.49. The average Bonchev–Trinajstić information content (AvgIpc) is 2.64. The summed E-state index contributed by atoms with van der Waals surface area (Å²) < 4.78 is 0. The standard InChI is InChI=1S/C9H15N3S/c1-2-4-11-9(12-10)6-8-3-5-13-7-8/h3,5,7H,2,4,6,10H2,1H3,(H,11,12). The zero-order chi connectivity index (χ0) is 9.52. The summed E-state index contributed by atoms with van der Waals surface area (Å²) in [5.41, 5.74) is 3.89. The molecule has 72 valence electrons. The van der Waals surface area contributed by atoms with Crippen molar-refractivity contribution >= 4 is 17.2 Å². The summed E-state index contributed by atoms with van der Waals surface area (Å²) in [6, 6.07) is 2.09. The number of rotatable bonds is 4. The van der Waals surface area contributed by atoms with E-state index in [1.54, 1.807) is 11.3 Å². The van der Waals surface area contributed by atoms with Gasteiger partial charge in [0.05, 0.1) is 0 Å². The number of nitrogens with one attached hydrogen (secondary N) is 1. The van der Waals surface area contributed by atoms with Crippen molar-refractivity contribution in [1.82, 2.24) is 5.43 Å². The third-order valence-electron chi connectivity index (χ3n) is 1.64. The van der Waals surface area contributed by atoms with Crippen LogP contribution in [0.15, 0.2) is 21.8 Å². The lowest BCUT2D eigenvalue weighted by Crippen LogP contribution is -2.32. The Bertz CT molecular complexity index is 254. The molecule has 0 aliphatic carbocycles. The Morgan fingerprint density at radius 3 is 3.08 bits per heavy atom. The van der Waals surface area contributed by atoms with E-state index >= 15 is 0 Å². The summed E-state index contributed by atoms with van der Waals surface area (Å²) in [7, 11) is 0. The molecule has 0 aliphatic heterocycles.